The molecule has 1 aromatic heterocycles. The Kier molecular flexibility index (Phi) is 4.60. The van der Waals surface area contributed by atoms with Crippen LogP contribution in [0.5, 0.6) is 0 Å². The molecule has 1 aromatic rings. The van der Waals surface area contributed by atoms with Crippen molar-refractivity contribution < 1.29 is 14.3 Å². The highest BCUT2D eigenvalue weighted by atomic mass is 16.5. The highest BCUT2D eigenvalue weighted by Gasteiger charge is 2.23. The third-order valence-electron chi connectivity index (χ3n) is 3.40. The molecule has 1 heterocycles. The van der Waals surface area contributed by atoms with Gasteiger partial charge in [0.2, 0.25) is 0 Å². The fourth-order valence-electron chi connectivity index (χ4n) is 2.17. The Bertz CT molecular complexity index is 449. The number of ether oxygens (including phenoxy) is 1. The van der Waals surface area contributed by atoms with Crippen molar-refractivity contribution in [3.8, 4) is 0 Å². The van der Waals surface area contributed by atoms with Crippen LogP contribution in [0.25, 0.3) is 0 Å². The molecule has 0 saturated heterocycles. The Morgan fingerprint density at radius 2 is 2.26 bits per heavy atom. The van der Waals surface area contributed by atoms with Gasteiger partial charge in [0.05, 0.1) is 13.0 Å². The van der Waals surface area contributed by atoms with Crippen LogP contribution in [0.15, 0.2) is 18.3 Å². The molecule has 0 atom stereocenters. The van der Waals surface area contributed by atoms with Crippen molar-refractivity contribution in [2.24, 2.45) is 0 Å². The van der Waals surface area contributed by atoms with Gasteiger partial charge in [-0.25, -0.2) is 0 Å². The first-order chi connectivity index (χ1) is 9.22. The van der Waals surface area contributed by atoms with E-state index in [2.05, 4.69) is 5.32 Å². The van der Waals surface area contributed by atoms with E-state index in [0.717, 1.165) is 12.8 Å². The largest absolute Gasteiger partial charge is 0.466 e. The van der Waals surface area contributed by atoms with E-state index in [-0.39, 0.29) is 18.3 Å². The summed E-state index contributed by atoms with van der Waals surface area (Å²) in [5, 5.41) is 2.76. The molecule has 1 N–H and O–H groups in total. The molecule has 1 saturated carbocycles. The highest BCUT2D eigenvalue weighted by Crippen LogP contribution is 2.32. The summed E-state index contributed by atoms with van der Waals surface area (Å²) in [6.45, 7) is 2.45. The third kappa shape index (κ3) is 3.36. The maximum absolute atomic E-state index is 12.0. The number of carbonyl (C=O) groups excluding carboxylic acids is 2. The highest BCUT2D eigenvalue weighted by molar-refractivity contribution is 5.93. The molecule has 0 bridgehead atoms. The molecule has 5 nitrogen and oxygen atoms in total. The Hall–Kier alpha value is -1.78. The van der Waals surface area contributed by atoms with Crippen molar-refractivity contribution in [1.82, 2.24) is 9.88 Å². The number of nitrogens with one attached hydrogen (secondary N) is 1. The van der Waals surface area contributed by atoms with Gasteiger partial charge in [0.25, 0.3) is 5.91 Å². The van der Waals surface area contributed by atoms with Crippen molar-refractivity contribution >= 4 is 11.9 Å². The van der Waals surface area contributed by atoms with Gasteiger partial charge in [0.1, 0.15) is 5.69 Å². The maximum atomic E-state index is 12.0. The smallest absolute Gasteiger partial charge is 0.307 e. The number of rotatable bonds is 6. The summed E-state index contributed by atoms with van der Waals surface area (Å²) in [6, 6.07) is 4.16. The summed E-state index contributed by atoms with van der Waals surface area (Å²) >= 11 is 0. The number of hydrogen-bond acceptors (Lipinski definition) is 3. The number of hydrogen-bond donors (Lipinski definition) is 1. The average Bonchev–Trinajstić information content (AvgIpc) is 2.76. The zero-order chi connectivity index (χ0) is 13.7. The van der Waals surface area contributed by atoms with Gasteiger partial charge in [-0.05, 0) is 38.3 Å². The standard InChI is InChI=1S/C14H20N2O3/c1-2-19-13(17)8-9-15-14(18)12-7-4-10-16(12)11-5-3-6-11/h4,7,10-11H,2-3,5-6,8-9H2,1H3,(H,15,18). The second-order valence-electron chi connectivity index (χ2n) is 4.70. The van der Waals surface area contributed by atoms with Crippen LogP contribution < -0.4 is 5.32 Å². The molecule has 0 unspecified atom stereocenters. The topological polar surface area (TPSA) is 60.3 Å². The van der Waals surface area contributed by atoms with E-state index in [1.807, 2.05) is 22.9 Å². The SMILES string of the molecule is CCOC(=O)CCNC(=O)c1cccn1C1CCC1. The molecule has 1 aliphatic carbocycles. The minimum Gasteiger partial charge on any atom is -0.466 e. The number of carbonyl (C=O) groups is 2. The van der Waals surface area contributed by atoms with Crippen LogP contribution in [-0.2, 0) is 9.53 Å². The molecule has 104 valence electrons. The number of amides is 1. The lowest BCUT2D eigenvalue weighted by Gasteiger charge is -2.28. The summed E-state index contributed by atoms with van der Waals surface area (Å²) in [7, 11) is 0. The lowest BCUT2D eigenvalue weighted by Crippen LogP contribution is -2.30. The van der Waals surface area contributed by atoms with Crippen molar-refractivity contribution in [3.63, 3.8) is 0 Å². The summed E-state index contributed by atoms with van der Waals surface area (Å²) in [5.41, 5.74) is 0.675. The van der Waals surface area contributed by atoms with Gasteiger partial charge >= 0.3 is 5.97 Å². The van der Waals surface area contributed by atoms with Crippen molar-refractivity contribution in [2.75, 3.05) is 13.2 Å². The lowest BCUT2D eigenvalue weighted by molar-refractivity contribution is -0.142. The second kappa shape index (κ2) is 6.41. The molecule has 19 heavy (non-hydrogen) atoms. The van der Waals surface area contributed by atoms with E-state index in [9.17, 15) is 9.59 Å². The molecule has 2 rings (SSSR count). The fourth-order valence-corrected chi connectivity index (χ4v) is 2.17. The van der Waals surface area contributed by atoms with Crippen LogP contribution in [0.4, 0.5) is 0 Å². The van der Waals surface area contributed by atoms with Crippen LogP contribution in [0, 0.1) is 0 Å². The number of esters is 1. The summed E-state index contributed by atoms with van der Waals surface area (Å²) < 4.78 is 6.84. The van der Waals surface area contributed by atoms with Crippen molar-refractivity contribution in [2.45, 2.75) is 38.6 Å². The first kappa shape index (κ1) is 13.6. The van der Waals surface area contributed by atoms with E-state index in [1.54, 1.807) is 6.92 Å². The molecule has 0 radical (unpaired) electrons. The Balaban J connectivity index is 1.83. The molecular formula is C14H20N2O3. The minimum atomic E-state index is -0.280. The molecule has 1 amide bonds. The Labute approximate surface area is 112 Å². The molecule has 1 fully saturated rings. The number of aromatic nitrogens is 1. The van der Waals surface area contributed by atoms with Crippen molar-refractivity contribution in [1.29, 1.82) is 0 Å². The first-order valence-corrected chi connectivity index (χ1v) is 6.83. The minimum absolute atomic E-state index is 0.124. The molecule has 0 aromatic carbocycles. The third-order valence-corrected chi connectivity index (χ3v) is 3.40. The zero-order valence-electron chi connectivity index (χ0n) is 11.2. The van der Waals surface area contributed by atoms with Gasteiger partial charge in [-0.15, -0.1) is 0 Å². The molecule has 5 heteroatoms. The molecule has 0 spiro atoms. The molecule has 1 aliphatic rings. The van der Waals surface area contributed by atoms with E-state index in [0.29, 0.717) is 24.9 Å². The van der Waals surface area contributed by atoms with Crippen molar-refractivity contribution in [3.05, 3.63) is 24.0 Å². The number of nitrogens with zero attached hydrogens (tertiary/aromatic N) is 1. The maximum Gasteiger partial charge on any atom is 0.307 e. The van der Waals surface area contributed by atoms with Gasteiger partial charge in [0, 0.05) is 18.8 Å². The van der Waals surface area contributed by atoms with Crippen LogP contribution in [-0.4, -0.2) is 29.6 Å². The first-order valence-electron chi connectivity index (χ1n) is 6.83. The monoisotopic (exact) mass is 264 g/mol. The summed E-state index contributed by atoms with van der Waals surface area (Å²) in [6.07, 6.45) is 5.66. The van der Waals surface area contributed by atoms with Gasteiger partial charge in [-0.3, -0.25) is 9.59 Å². The lowest BCUT2D eigenvalue weighted by atomic mass is 9.93. The van der Waals surface area contributed by atoms with E-state index in [1.165, 1.54) is 6.42 Å². The quantitative estimate of drug-likeness (QED) is 0.798. The fraction of sp³-hybridized carbons (Fsp3) is 0.571. The Morgan fingerprint density at radius 3 is 2.89 bits per heavy atom. The van der Waals surface area contributed by atoms with E-state index >= 15 is 0 Å². The average molecular weight is 264 g/mol. The summed E-state index contributed by atoms with van der Waals surface area (Å²) in [4.78, 5) is 23.2. The molecular weight excluding hydrogens is 244 g/mol. The van der Waals surface area contributed by atoms with Gasteiger partial charge in [-0.1, -0.05) is 0 Å². The predicted molar refractivity (Wildman–Crippen MR) is 70.9 cm³/mol. The van der Waals surface area contributed by atoms with Gasteiger partial charge < -0.3 is 14.6 Å². The van der Waals surface area contributed by atoms with Gasteiger partial charge in [0.15, 0.2) is 0 Å². The molecule has 0 aliphatic heterocycles. The zero-order valence-corrected chi connectivity index (χ0v) is 11.2. The Morgan fingerprint density at radius 1 is 1.47 bits per heavy atom. The van der Waals surface area contributed by atoms with Crippen LogP contribution in [0.2, 0.25) is 0 Å². The van der Waals surface area contributed by atoms with E-state index < -0.39 is 0 Å². The van der Waals surface area contributed by atoms with Gasteiger partial charge in [-0.2, -0.15) is 0 Å². The second-order valence-corrected chi connectivity index (χ2v) is 4.70. The normalized spacial score (nSPS) is 14.8. The summed E-state index contributed by atoms with van der Waals surface area (Å²) in [5.74, 6) is -0.404. The van der Waals surface area contributed by atoms with Crippen LogP contribution in [0.1, 0.15) is 49.1 Å². The van der Waals surface area contributed by atoms with Crippen LogP contribution >= 0.6 is 0 Å². The van der Waals surface area contributed by atoms with Crippen LogP contribution in [0.3, 0.4) is 0 Å². The van der Waals surface area contributed by atoms with E-state index in [4.69, 9.17) is 4.74 Å². The predicted octanol–water partition coefficient (Wildman–Crippen LogP) is 1.90.